The summed E-state index contributed by atoms with van der Waals surface area (Å²) in [5.74, 6) is 0.0856. The van der Waals surface area contributed by atoms with Gasteiger partial charge >= 0.3 is 0 Å². The van der Waals surface area contributed by atoms with E-state index in [9.17, 15) is 0 Å². The topological polar surface area (TPSA) is 52.8 Å². The summed E-state index contributed by atoms with van der Waals surface area (Å²) >= 11 is 6.08. The highest BCUT2D eigenvalue weighted by Crippen LogP contribution is 2.35. The first-order valence-electron chi connectivity index (χ1n) is 8.56. The van der Waals surface area contributed by atoms with Crippen LogP contribution in [-0.4, -0.2) is 26.9 Å². The predicted molar refractivity (Wildman–Crippen MR) is 106 cm³/mol. The summed E-state index contributed by atoms with van der Waals surface area (Å²) in [5, 5.41) is 4.85. The smallest absolute Gasteiger partial charge is 0.139 e. The molecule has 0 amide bonds. The Labute approximate surface area is 166 Å². The minimum atomic E-state index is -0.363. The number of hydrogen-bond acceptors (Lipinski definition) is 4. The third-order valence-electron chi connectivity index (χ3n) is 4.34. The Hall–Kier alpha value is -3.25. The molecule has 7 heteroatoms. The van der Waals surface area contributed by atoms with Crippen LogP contribution in [0.1, 0.15) is 5.56 Å². The molecule has 0 aliphatic rings. The summed E-state index contributed by atoms with van der Waals surface area (Å²) in [6.45, 7) is 0.268. The number of nitrogens with zero attached hydrogens (tertiary/aromatic N) is 4. The molecule has 140 valence electrons. The monoisotopic (exact) mass is 394 g/mol. The molecule has 4 aromatic rings. The number of ether oxygens (including phenoxy) is 1. The van der Waals surface area contributed by atoms with Gasteiger partial charge in [-0.3, -0.25) is 14.6 Å². The maximum Gasteiger partial charge on any atom is 0.139 e. The number of aromatic nitrogens is 4. The fraction of sp³-hybridized carbons (Fsp3) is 0.0952. The Morgan fingerprint density at radius 2 is 2.00 bits per heavy atom. The summed E-state index contributed by atoms with van der Waals surface area (Å²) in [6, 6.07) is 10.5. The number of methoxy groups -OCH3 is 1. The molecule has 0 atom stereocenters. The molecule has 2 aromatic carbocycles. The Bertz CT molecular complexity index is 1110. The van der Waals surface area contributed by atoms with Gasteiger partial charge in [0.15, 0.2) is 0 Å². The molecule has 0 radical (unpaired) electrons. The fourth-order valence-electron chi connectivity index (χ4n) is 3.01. The van der Waals surface area contributed by atoms with Crippen molar-refractivity contribution in [2.45, 2.75) is 6.54 Å². The van der Waals surface area contributed by atoms with E-state index in [-0.39, 0.29) is 12.4 Å². The van der Waals surface area contributed by atoms with Crippen molar-refractivity contribution < 1.29 is 9.13 Å². The molecule has 4 rings (SSSR count). The van der Waals surface area contributed by atoms with Gasteiger partial charge in [-0.05, 0) is 23.8 Å². The highest BCUT2D eigenvalue weighted by Gasteiger charge is 2.17. The molecule has 2 aromatic heterocycles. The summed E-state index contributed by atoms with van der Waals surface area (Å²) in [6.07, 6.45) is 8.38. The molecule has 0 fully saturated rings. The van der Waals surface area contributed by atoms with Crippen LogP contribution in [0.2, 0.25) is 5.02 Å². The van der Waals surface area contributed by atoms with Gasteiger partial charge in [-0.15, -0.1) is 0 Å². The van der Waals surface area contributed by atoms with Gasteiger partial charge in [-0.25, -0.2) is 4.39 Å². The summed E-state index contributed by atoms with van der Waals surface area (Å²) in [4.78, 5) is 8.31. The molecule has 0 bridgehead atoms. The van der Waals surface area contributed by atoms with E-state index in [0.29, 0.717) is 33.2 Å². The summed E-state index contributed by atoms with van der Waals surface area (Å²) < 4.78 is 22.4. The number of rotatable bonds is 5. The van der Waals surface area contributed by atoms with Crippen LogP contribution in [0, 0.1) is 5.82 Å². The zero-order valence-electron chi connectivity index (χ0n) is 15.0. The lowest BCUT2D eigenvalue weighted by Crippen LogP contribution is -2.04. The summed E-state index contributed by atoms with van der Waals surface area (Å²) in [5.41, 5.74) is 3.05. The van der Waals surface area contributed by atoms with Crippen LogP contribution in [0.3, 0.4) is 0 Å². The van der Waals surface area contributed by atoms with E-state index in [1.165, 1.54) is 7.11 Å². The second-order valence-corrected chi connectivity index (χ2v) is 6.58. The zero-order valence-corrected chi connectivity index (χ0v) is 15.8. The van der Waals surface area contributed by atoms with E-state index in [1.54, 1.807) is 65.9 Å². The Kier molecular flexibility index (Phi) is 5.04. The molecule has 5 nitrogen and oxygen atoms in total. The molecule has 2 heterocycles. The second-order valence-electron chi connectivity index (χ2n) is 6.14. The quantitative estimate of drug-likeness (QED) is 0.485. The molecule has 0 spiro atoms. The van der Waals surface area contributed by atoms with Gasteiger partial charge in [-0.2, -0.15) is 5.10 Å². The first kappa shape index (κ1) is 18.1. The lowest BCUT2D eigenvalue weighted by molar-refractivity contribution is 0.412. The molecule has 28 heavy (non-hydrogen) atoms. The second kappa shape index (κ2) is 7.78. The molecule has 0 unspecified atom stereocenters. The molecule has 0 aliphatic heterocycles. The van der Waals surface area contributed by atoms with Gasteiger partial charge < -0.3 is 4.74 Å². The molecule has 0 saturated carbocycles. The predicted octanol–water partition coefficient (Wildman–Crippen LogP) is 4.86. The SMILES string of the molecule is COc1ccc(Cn2cc(-c3cnccn3)cn2)c(F)c1-c1cccc(Cl)c1. The van der Waals surface area contributed by atoms with E-state index >= 15 is 4.39 Å². The van der Waals surface area contributed by atoms with Crippen molar-refractivity contribution in [3.63, 3.8) is 0 Å². The van der Waals surface area contributed by atoms with Crippen molar-refractivity contribution in [3.05, 3.63) is 83.8 Å². The number of halogens is 2. The van der Waals surface area contributed by atoms with Crippen LogP contribution >= 0.6 is 11.6 Å². The molecule has 0 aliphatic carbocycles. The van der Waals surface area contributed by atoms with Crippen LogP contribution in [0.5, 0.6) is 5.75 Å². The zero-order chi connectivity index (χ0) is 19.5. The first-order chi connectivity index (χ1) is 13.7. The number of hydrogen-bond donors (Lipinski definition) is 0. The number of benzene rings is 2. The van der Waals surface area contributed by atoms with Crippen LogP contribution in [-0.2, 0) is 6.54 Å². The lowest BCUT2D eigenvalue weighted by atomic mass is 10.0. The highest BCUT2D eigenvalue weighted by atomic mass is 35.5. The van der Waals surface area contributed by atoms with Gasteiger partial charge in [0.1, 0.15) is 11.6 Å². The maximum absolute atomic E-state index is 15.4. The standard InChI is InChI=1S/C21H16ClFN4O/c1-28-19-6-5-15(21(23)20(19)14-3-2-4-17(22)9-14)12-27-13-16(10-26-27)18-11-24-7-8-25-18/h2-11,13H,12H2,1H3. The average Bonchev–Trinajstić information content (AvgIpc) is 3.18. The summed E-state index contributed by atoms with van der Waals surface area (Å²) in [7, 11) is 1.52. The van der Waals surface area contributed by atoms with Crippen molar-refractivity contribution in [2.75, 3.05) is 7.11 Å². The highest BCUT2D eigenvalue weighted by molar-refractivity contribution is 6.30. The minimum Gasteiger partial charge on any atom is -0.496 e. The Morgan fingerprint density at radius 1 is 1.11 bits per heavy atom. The van der Waals surface area contributed by atoms with Crippen LogP contribution in [0.25, 0.3) is 22.4 Å². The van der Waals surface area contributed by atoms with Gasteiger partial charge in [0, 0.05) is 34.7 Å². The first-order valence-corrected chi connectivity index (χ1v) is 8.93. The minimum absolute atomic E-state index is 0.268. The van der Waals surface area contributed by atoms with Crippen molar-refractivity contribution >= 4 is 11.6 Å². The fourth-order valence-corrected chi connectivity index (χ4v) is 3.20. The average molecular weight is 395 g/mol. The normalized spacial score (nSPS) is 10.8. The van der Waals surface area contributed by atoms with Crippen LogP contribution < -0.4 is 4.74 Å². The van der Waals surface area contributed by atoms with Gasteiger partial charge in [-0.1, -0.05) is 29.8 Å². The van der Waals surface area contributed by atoms with Crippen molar-refractivity contribution in [3.8, 4) is 28.1 Å². The third kappa shape index (κ3) is 3.59. The Balaban J connectivity index is 1.70. The van der Waals surface area contributed by atoms with E-state index in [1.807, 2.05) is 6.20 Å². The van der Waals surface area contributed by atoms with Crippen molar-refractivity contribution in [1.29, 1.82) is 0 Å². The third-order valence-corrected chi connectivity index (χ3v) is 4.58. The van der Waals surface area contributed by atoms with E-state index in [0.717, 1.165) is 5.56 Å². The van der Waals surface area contributed by atoms with Gasteiger partial charge in [0.05, 0.1) is 37.3 Å². The lowest BCUT2D eigenvalue weighted by Gasteiger charge is -2.14. The van der Waals surface area contributed by atoms with Crippen molar-refractivity contribution in [2.24, 2.45) is 0 Å². The molecule has 0 saturated heterocycles. The largest absolute Gasteiger partial charge is 0.496 e. The van der Waals surface area contributed by atoms with Crippen LogP contribution in [0.4, 0.5) is 4.39 Å². The van der Waals surface area contributed by atoms with E-state index in [4.69, 9.17) is 16.3 Å². The molecular formula is C21H16ClFN4O. The van der Waals surface area contributed by atoms with Gasteiger partial charge in [0.2, 0.25) is 0 Å². The Morgan fingerprint density at radius 3 is 2.75 bits per heavy atom. The van der Waals surface area contributed by atoms with E-state index < -0.39 is 0 Å². The maximum atomic E-state index is 15.4. The van der Waals surface area contributed by atoms with E-state index in [2.05, 4.69) is 15.1 Å². The molecule has 0 N–H and O–H groups in total. The molecular weight excluding hydrogens is 379 g/mol. The van der Waals surface area contributed by atoms with Gasteiger partial charge in [0.25, 0.3) is 0 Å². The van der Waals surface area contributed by atoms with Crippen LogP contribution in [0.15, 0.2) is 67.4 Å². The van der Waals surface area contributed by atoms with Crippen molar-refractivity contribution in [1.82, 2.24) is 19.7 Å².